The van der Waals surface area contributed by atoms with E-state index in [2.05, 4.69) is 68.5 Å². The van der Waals surface area contributed by atoms with E-state index in [-0.39, 0.29) is 19.4 Å². The minimum Gasteiger partial charge on any atom is -0.462 e. The Labute approximate surface area is 387 Å². The highest BCUT2D eigenvalue weighted by atomic mass is 32.2. The van der Waals surface area contributed by atoms with Gasteiger partial charge < -0.3 is 34.3 Å². The molecule has 12 nitrogen and oxygen atoms in total. The third kappa shape index (κ3) is 34.7. The van der Waals surface area contributed by atoms with Crippen molar-refractivity contribution >= 4 is 22.1 Å². The Bertz CT molecular complexity index is 1410. The number of aliphatic hydroxyl groups excluding tert-OH is 3. The maximum Gasteiger partial charge on any atom is 0.306 e. The zero-order valence-electron chi connectivity index (χ0n) is 39.6. The van der Waals surface area contributed by atoms with Crippen molar-refractivity contribution in [2.45, 2.75) is 230 Å². The number of carbonyl (C=O) groups is 2. The van der Waals surface area contributed by atoms with Crippen molar-refractivity contribution < 1.29 is 56.8 Å². The maximum atomic E-state index is 12.9. The highest BCUT2D eigenvalue weighted by Gasteiger charge is 2.46. The average molecular weight is 925 g/mol. The Morgan fingerprint density at radius 1 is 0.531 bits per heavy atom. The van der Waals surface area contributed by atoms with Gasteiger partial charge in [0.05, 0.1) is 6.61 Å². The number of aliphatic hydroxyl groups is 3. The van der Waals surface area contributed by atoms with E-state index in [0.29, 0.717) is 19.3 Å². The fourth-order valence-corrected chi connectivity index (χ4v) is 7.88. The van der Waals surface area contributed by atoms with Gasteiger partial charge in [-0.15, -0.1) is 0 Å². The molecular formula is C51H88O12S. The van der Waals surface area contributed by atoms with Gasteiger partial charge >= 0.3 is 11.9 Å². The predicted octanol–water partition coefficient (Wildman–Crippen LogP) is 10.9. The number of hydrogen-bond donors (Lipinski definition) is 4. The molecule has 64 heavy (non-hydrogen) atoms. The predicted molar refractivity (Wildman–Crippen MR) is 256 cm³/mol. The maximum absolute atomic E-state index is 12.9. The van der Waals surface area contributed by atoms with Crippen molar-refractivity contribution in [2.75, 3.05) is 19.0 Å². The standard InChI is InChI=1S/C51H88O12S/c1-3-5-7-9-11-13-15-17-19-21-22-24-26-28-30-32-34-36-38-40-47(53)62-44(42-61-51-50(56)49(55)48(54)45(63-51)43-64(57,58)59)41-60-46(52)39-37-35-33-31-29-27-25-23-20-18-16-14-12-10-8-6-4-2/h11,13,17-20,25,27,31,33,44-45,48-51,54-56H,3-10,12,14-16,21-24,26,28-30,32,34-43H2,1-2H3,(H,57,58,59)/b13-11+,19-17+,20-18+,27-25+,33-31+/t44-,45-,48-,49?,50?,51+/m1/s1. The van der Waals surface area contributed by atoms with Crippen LogP contribution in [0.15, 0.2) is 60.8 Å². The van der Waals surface area contributed by atoms with Crippen LogP contribution >= 0.6 is 0 Å². The molecule has 13 heteroatoms. The van der Waals surface area contributed by atoms with Crippen LogP contribution in [0.25, 0.3) is 0 Å². The molecule has 0 aromatic rings. The molecule has 370 valence electrons. The molecule has 1 aliphatic rings. The van der Waals surface area contributed by atoms with E-state index in [9.17, 15) is 37.9 Å². The molecule has 0 amide bonds. The third-order valence-electron chi connectivity index (χ3n) is 11.1. The molecule has 6 atom stereocenters. The van der Waals surface area contributed by atoms with Gasteiger partial charge in [0.25, 0.3) is 10.1 Å². The molecule has 2 unspecified atom stereocenters. The summed E-state index contributed by atoms with van der Waals surface area (Å²) in [6.07, 6.45) is 41.2. The highest BCUT2D eigenvalue weighted by Crippen LogP contribution is 2.24. The fourth-order valence-electron chi connectivity index (χ4n) is 7.19. The second-order valence-electron chi connectivity index (χ2n) is 17.1. The number of carbonyl (C=O) groups excluding carboxylic acids is 2. The first kappa shape index (κ1) is 59.4. The van der Waals surface area contributed by atoms with Gasteiger partial charge in [-0.25, -0.2) is 0 Å². The summed E-state index contributed by atoms with van der Waals surface area (Å²) in [6, 6.07) is 0. The lowest BCUT2D eigenvalue weighted by Gasteiger charge is -2.40. The second kappa shape index (κ2) is 40.6. The molecule has 0 aromatic heterocycles. The summed E-state index contributed by atoms with van der Waals surface area (Å²) in [5, 5.41) is 30.9. The van der Waals surface area contributed by atoms with Gasteiger partial charge in [0.1, 0.15) is 36.8 Å². The lowest BCUT2D eigenvalue weighted by molar-refractivity contribution is -0.297. The molecule has 1 saturated heterocycles. The molecule has 0 aromatic carbocycles. The SMILES string of the molecule is CCCCC/C=C/C/C=C/CCCCCCCCCCCC(=O)O[C@H](COC(=O)CCC/C=C/C/C=C/C/C=C/CCCCCCCC)CO[C@H]1O[C@H](CS(=O)(=O)O)[C@@H](O)C(O)C1O. The van der Waals surface area contributed by atoms with Gasteiger partial charge in [0.15, 0.2) is 12.4 Å². The smallest absolute Gasteiger partial charge is 0.306 e. The number of ether oxygens (including phenoxy) is 4. The quantitative estimate of drug-likeness (QED) is 0.0197. The van der Waals surface area contributed by atoms with Crippen LogP contribution in [0.3, 0.4) is 0 Å². The van der Waals surface area contributed by atoms with Crippen molar-refractivity contribution in [3.05, 3.63) is 60.8 Å². The molecule has 1 heterocycles. The molecule has 0 spiro atoms. The zero-order chi connectivity index (χ0) is 46.9. The summed E-state index contributed by atoms with van der Waals surface area (Å²) in [6.45, 7) is 3.69. The second-order valence-corrected chi connectivity index (χ2v) is 18.6. The van der Waals surface area contributed by atoms with Gasteiger partial charge in [0.2, 0.25) is 0 Å². The van der Waals surface area contributed by atoms with Crippen LogP contribution < -0.4 is 0 Å². The third-order valence-corrected chi connectivity index (χ3v) is 11.8. The van der Waals surface area contributed by atoms with E-state index in [1.807, 2.05) is 6.08 Å². The molecule has 0 bridgehead atoms. The van der Waals surface area contributed by atoms with Crippen LogP contribution in [-0.2, 0) is 38.7 Å². The average Bonchev–Trinajstić information content (AvgIpc) is 3.26. The van der Waals surface area contributed by atoms with Crippen molar-refractivity contribution in [1.82, 2.24) is 0 Å². The zero-order valence-corrected chi connectivity index (χ0v) is 40.4. The topological polar surface area (TPSA) is 186 Å². The summed E-state index contributed by atoms with van der Waals surface area (Å²) >= 11 is 0. The van der Waals surface area contributed by atoms with Crippen LogP contribution in [0.2, 0.25) is 0 Å². The summed E-state index contributed by atoms with van der Waals surface area (Å²) in [5.74, 6) is -2.06. The minimum atomic E-state index is -4.61. The summed E-state index contributed by atoms with van der Waals surface area (Å²) in [4.78, 5) is 25.5. The molecule has 1 rings (SSSR count). The fraction of sp³-hybridized carbons (Fsp3) is 0.765. The van der Waals surface area contributed by atoms with Crippen LogP contribution in [-0.4, -0.2) is 96.0 Å². The normalized spacial score (nSPS) is 20.1. The van der Waals surface area contributed by atoms with Crippen molar-refractivity contribution in [3.8, 4) is 0 Å². The lowest BCUT2D eigenvalue weighted by atomic mass is 10.00. The van der Waals surface area contributed by atoms with E-state index < -0.39 is 71.2 Å². The van der Waals surface area contributed by atoms with Gasteiger partial charge in [-0.2, -0.15) is 8.42 Å². The van der Waals surface area contributed by atoms with Gasteiger partial charge in [-0.3, -0.25) is 14.1 Å². The van der Waals surface area contributed by atoms with E-state index in [0.717, 1.165) is 57.8 Å². The van der Waals surface area contributed by atoms with Gasteiger partial charge in [-0.05, 0) is 77.0 Å². The molecule has 4 N–H and O–H groups in total. The van der Waals surface area contributed by atoms with E-state index in [1.165, 1.54) is 89.9 Å². The van der Waals surface area contributed by atoms with E-state index in [1.54, 1.807) is 0 Å². The van der Waals surface area contributed by atoms with Crippen molar-refractivity contribution in [2.24, 2.45) is 0 Å². The highest BCUT2D eigenvalue weighted by molar-refractivity contribution is 7.85. The molecule has 1 aliphatic heterocycles. The molecule has 0 saturated carbocycles. The van der Waals surface area contributed by atoms with Crippen molar-refractivity contribution in [1.29, 1.82) is 0 Å². The summed E-state index contributed by atoms with van der Waals surface area (Å²) < 4.78 is 54.1. The number of hydrogen-bond acceptors (Lipinski definition) is 11. The van der Waals surface area contributed by atoms with Crippen LogP contribution in [0.1, 0.15) is 194 Å². The van der Waals surface area contributed by atoms with E-state index >= 15 is 0 Å². The molecule has 0 aliphatic carbocycles. The first-order valence-corrected chi connectivity index (χ1v) is 26.5. The number of esters is 2. The van der Waals surface area contributed by atoms with Crippen LogP contribution in [0.5, 0.6) is 0 Å². The summed E-state index contributed by atoms with van der Waals surface area (Å²) in [7, 11) is -4.61. The molecular weight excluding hydrogens is 837 g/mol. The largest absolute Gasteiger partial charge is 0.462 e. The molecule has 1 fully saturated rings. The minimum absolute atomic E-state index is 0.144. The van der Waals surface area contributed by atoms with Crippen molar-refractivity contribution in [3.63, 3.8) is 0 Å². The molecule has 0 radical (unpaired) electrons. The number of rotatable bonds is 41. The summed E-state index contributed by atoms with van der Waals surface area (Å²) in [5.41, 5.74) is 0. The first-order chi connectivity index (χ1) is 31.0. The van der Waals surface area contributed by atoms with Gasteiger partial charge in [-0.1, -0.05) is 164 Å². The lowest BCUT2D eigenvalue weighted by Crippen LogP contribution is -2.60. The Morgan fingerprint density at radius 2 is 0.953 bits per heavy atom. The van der Waals surface area contributed by atoms with Crippen LogP contribution in [0.4, 0.5) is 0 Å². The van der Waals surface area contributed by atoms with Gasteiger partial charge in [0, 0.05) is 12.8 Å². The number of unbranched alkanes of at least 4 members (excludes halogenated alkanes) is 19. The first-order valence-electron chi connectivity index (χ1n) is 24.8. The van der Waals surface area contributed by atoms with Crippen LogP contribution in [0, 0.1) is 0 Å². The Hall–Kier alpha value is -2.65. The number of allylic oxidation sites excluding steroid dienone is 10. The Morgan fingerprint density at radius 3 is 1.47 bits per heavy atom. The Kier molecular flexibility index (Phi) is 37.7. The monoisotopic (exact) mass is 925 g/mol. The Balaban J connectivity index is 2.44. The van der Waals surface area contributed by atoms with E-state index in [4.69, 9.17) is 18.9 Å².